The molecule has 0 aliphatic carbocycles. The van der Waals surface area contributed by atoms with Gasteiger partial charge in [-0.2, -0.15) is 0 Å². The van der Waals surface area contributed by atoms with Crippen molar-refractivity contribution in [2.45, 2.75) is 69.1 Å². The molecule has 7 rings (SSSR count). The number of amides is 3. The summed E-state index contributed by atoms with van der Waals surface area (Å²) in [5.41, 5.74) is 1.95. The fourth-order valence-electron chi connectivity index (χ4n) is 8.95. The van der Waals surface area contributed by atoms with Crippen molar-refractivity contribution in [3.8, 4) is 5.75 Å². The van der Waals surface area contributed by atoms with Crippen LogP contribution in [0.25, 0.3) is 0 Å². The van der Waals surface area contributed by atoms with Crippen molar-refractivity contribution >= 4 is 42.4 Å². The van der Waals surface area contributed by atoms with Gasteiger partial charge in [0.25, 0.3) is 11.8 Å². The Kier molecular flexibility index (Phi) is 9.82. The Balaban J connectivity index is 1.33. The molecule has 2 saturated heterocycles. The molecule has 3 aliphatic heterocycles. The Morgan fingerprint density at radius 3 is 2.35 bits per heavy atom. The molecule has 0 unspecified atom stereocenters. The van der Waals surface area contributed by atoms with Gasteiger partial charge in [0.1, 0.15) is 5.75 Å². The van der Waals surface area contributed by atoms with Gasteiger partial charge in [0.15, 0.2) is 5.60 Å². The third kappa shape index (κ3) is 6.22. The molecular formula is C42H47N3O6Si. The fourth-order valence-corrected chi connectivity index (χ4v) is 13.0. The molecule has 9 nitrogen and oxygen atoms in total. The molecule has 10 heteroatoms. The lowest BCUT2D eigenvalue weighted by molar-refractivity contribution is -0.150. The van der Waals surface area contributed by atoms with E-state index in [1.807, 2.05) is 78.9 Å². The average Bonchev–Trinajstić information content (AvgIpc) is 3.83. The van der Waals surface area contributed by atoms with E-state index in [4.69, 9.17) is 9.47 Å². The van der Waals surface area contributed by atoms with E-state index in [1.54, 1.807) is 29.0 Å². The molecule has 2 fully saturated rings. The molecule has 4 aromatic rings. The molecule has 1 spiro atoms. The van der Waals surface area contributed by atoms with Crippen LogP contribution in [0.3, 0.4) is 0 Å². The summed E-state index contributed by atoms with van der Waals surface area (Å²) in [7, 11) is -0.858. The predicted octanol–water partition coefficient (Wildman–Crippen LogP) is 6.08. The number of fused-ring (bicyclic) bond motifs is 2. The van der Waals surface area contributed by atoms with Gasteiger partial charge in [0.2, 0.25) is 5.91 Å². The van der Waals surface area contributed by atoms with Gasteiger partial charge in [-0.3, -0.25) is 14.4 Å². The molecule has 0 bridgehead atoms. The first-order valence-corrected chi connectivity index (χ1v) is 21.3. The number of rotatable bonds is 10. The largest absolute Gasteiger partial charge is 0.497 e. The smallest absolute Gasteiger partial charge is 0.264 e. The number of nitrogens with zero attached hydrogens (tertiary/aromatic N) is 2. The first-order chi connectivity index (χ1) is 25.1. The molecule has 0 saturated carbocycles. The van der Waals surface area contributed by atoms with Crippen LogP contribution in [0.15, 0.2) is 103 Å². The van der Waals surface area contributed by atoms with Crippen molar-refractivity contribution in [3.05, 3.63) is 120 Å². The maximum atomic E-state index is 15.2. The fraction of sp³-hybridized carbons (Fsp3) is 0.357. The van der Waals surface area contributed by atoms with Crippen molar-refractivity contribution in [1.82, 2.24) is 4.90 Å². The summed E-state index contributed by atoms with van der Waals surface area (Å²) >= 11 is 0. The lowest BCUT2D eigenvalue weighted by Crippen LogP contribution is -2.52. The second-order valence-corrected chi connectivity index (χ2v) is 19.5. The first-order valence-electron chi connectivity index (χ1n) is 18.2. The number of likely N-dealkylation sites (tertiary alicyclic amines) is 1. The zero-order valence-electron chi connectivity index (χ0n) is 30.2. The van der Waals surface area contributed by atoms with Crippen LogP contribution in [-0.4, -0.2) is 68.2 Å². The van der Waals surface area contributed by atoms with Crippen molar-refractivity contribution < 1.29 is 29.0 Å². The average molecular weight is 718 g/mol. The quantitative estimate of drug-likeness (QED) is 0.193. The molecule has 5 atom stereocenters. The van der Waals surface area contributed by atoms with Crippen molar-refractivity contribution in [1.29, 1.82) is 0 Å². The Morgan fingerprint density at radius 2 is 1.67 bits per heavy atom. The zero-order chi connectivity index (χ0) is 36.6. The number of hydrogen-bond donors (Lipinski definition) is 2. The third-order valence-electron chi connectivity index (χ3n) is 11.6. The highest BCUT2D eigenvalue weighted by atomic mass is 28.3. The normalized spacial score (nSPS) is 24.0. The minimum atomic E-state index is -2.51. The summed E-state index contributed by atoms with van der Waals surface area (Å²) in [5.74, 6) is -0.0457. The first kappa shape index (κ1) is 35.6. The molecule has 2 N–H and O–H groups in total. The van der Waals surface area contributed by atoms with Crippen LogP contribution in [0.4, 0.5) is 11.4 Å². The number of ether oxygens (including phenoxy) is 2. The van der Waals surface area contributed by atoms with Crippen LogP contribution < -0.4 is 20.1 Å². The van der Waals surface area contributed by atoms with Crippen LogP contribution >= 0.6 is 0 Å². The van der Waals surface area contributed by atoms with Crippen molar-refractivity contribution in [2.75, 3.05) is 30.5 Å². The number of carbonyl (C=O) groups excluding carboxylic acids is 3. The monoisotopic (exact) mass is 717 g/mol. The molecule has 4 aromatic carbocycles. The maximum absolute atomic E-state index is 15.2. The Bertz CT molecular complexity index is 1940. The second-order valence-electron chi connectivity index (χ2n) is 14.9. The standard InChI is InChI=1S/C42H47N3O6Si/c1-28-39(52(3,4)34-20-18-33(50-2)19-21-34)37(25-38(47)44-23-11-16-32(44)27-46)51-42(28)35-24-31(43-40(48)30-14-9-6-10-15-30)17-22-36(35)45(41(42)49)26-29-12-7-5-8-13-29/h5-10,12-15,17-22,24,28,32,37,39,46H,11,16,23,25-27H2,1-4H3,(H,43,48)/t28-,32+,37+,39-,42+/m1/s1. The number of hydrogen-bond acceptors (Lipinski definition) is 6. The Hall–Kier alpha value is -4.77. The topological polar surface area (TPSA) is 108 Å². The van der Waals surface area contributed by atoms with Crippen LogP contribution in [0.2, 0.25) is 18.6 Å². The van der Waals surface area contributed by atoms with E-state index in [0.717, 1.165) is 29.8 Å². The summed E-state index contributed by atoms with van der Waals surface area (Å²) in [4.78, 5) is 46.2. The van der Waals surface area contributed by atoms with Gasteiger partial charge in [-0.25, -0.2) is 0 Å². The van der Waals surface area contributed by atoms with E-state index < -0.39 is 19.8 Å². The van der Waals surface area contributed by atoms with Gasteiger partial charge in [0, 0.05) is 29.3 Å². The van der Waals surface area contributed by atoms with Gasteiger partial charge < -0.3 is 29.7 Å². The van der Waals surface area contributed by atoms with E-state index in [0.29, 0.717) is 29.9 Å². The van der Waals surface area contributed by atoms with Gasteiger partial charge in [-0.05, 0) is 66.4 Å². The number of aliphatic hydroxyl groups excluding tert-OH is 1. The lowest BCUT2D eigenvalue weighted by Gasteiger charge is -2.37. The van der Waals surface area contributed by atoms with Crippen LogP contribution in [0.1, 0.15) is 47.7 Å². The second kappa shape index (κ2) is 14.3. The summed E-state index contributed by atoms with van der Waals surface area (Å²) in [6.45, 7) is 7.55. The van der Waals surface area contributed by atoms with Gasteiger partial charge in [0.05, 0.1) is 52.6 Å². The zero-order valence-corrected chi connectivity index (χ0v) is 31.2. The van der Waals surface area contributed by atoms with E-state index >= 15 is 4.79 Å². The van der Waals surface area contributed by atoms with Gasteiger partial charge in [-0.1, -0.05) is 85.9 Å². The number of anilines is 2. The molecule has 270 valence electrons. The van der Waals surface area contributed by atoms with E-state index in [-0.39, 0.29) is 48.3 Å². The molecule has 0 aromatic heterocycles. The SMILES string of the molecule is COc1ccc([Si](C)(C)[C@H]2[C@H](CC(=O)N3CCC[C@H]3CO)O[C@@]3(C(=O)N(Cc4ccccc4)c4ccc(NC(=O)c5ccccc5)cc43)[C@@H]2C)cc1. The molecular weight excluding hydrogens is 671 g/mol. The van der Waals surface area contributed by atoms with E-state index in [9.17, 15) is 14.7 Å². The Morgan fingerprint density at radius 1 is 0.981 bits per heavy atom. The van der Waals surface area contributed by atoms with E-state index in [2.05, 4.69) is 37.5 Å². The predicted molar refractivity (Wildman–Crippen MR) is 204 cm³/mol. The van der Waals surface area contributed by atoms with Gasteiger partial charge >= 0.3 is 0 Å². The highest BCUT2D eigenvalue weighted by Gasteiger charge is 2.66. The number of carbonyl (C=O) groups is 3. The number of methoxy groups -OCH3 is 1. The summed E-state index contributed by atoms with van der Waals surface area (Å²) in [6, 6.07) is 32.5. The highest BCUT2D eigenvalue weighted by Crippen LogP contribution is 2.60. The summed E-state index contributed by atoms with van der Waals surface area (Å²) in [5, 5.41) is 14.3. The van der Waals surface area contributed by atoms with E-state index in [1.165, 1.54) is 5.19 Å². The number of nitrogens with one attached hydrogen (secondary N) is 1. The molecule has 0 radical (unpaired) electrons. The number of benzene rings is 4. The lowest BCUT2D eigenvalue weighted by atomic mass is 9.82. The Labute approximate surface area is 306 Å². The van der Waals surface area contributed by atoms with Crippen LogP contribution in [-0.2, 0) is 26.5 Å². The minimum absolute atomic E-state index is 0.0639. The minimum Gasteiger partial charge on any atom is -0.497 e. The van der Waals surface area contributed by atoms with Crippen molar-refractivity contribution in [3.63, 3.8) is 0 Å². The van der Waals surface area contributed by atoms with Crippen LogP contribution in [0, 0.1) is 5.92 Å². The molecule has 3 heterocycles. The number of aliphatic hydroxyl groups is 1. The molecule has 3 aliphatic rings. The molecule has 3 amide bonds. The third-order valence-corrected chi connectivity index (χ3v) is 16.0. The maximum Gasteiger partial charge on any atom is 0.264 e. The highest BCUT2D eigenvalue weighted by molar-refractivity contribution is 6.91. The summed E-state index contributed by atoms with van der Waals surface area (Å²) < 4.78 is 12.7. The van der Waals surface area contributed by atoms with Crippen LogP contribution in [0.5, 0.6) is 5.75 Å². The van der Waals surface area contributed by atoms with Gasteiger partial charge in [-0.15, -0.1) is 0 Å². The summed E-state index contributed by atoms with van der Waals surface area (Å²) in [6.07, 6.45) is 1.14. The molecule has 52 heavy (non-hydrogen) atoms. The van der Waals surface area contributed by atoms with Crippen molar-refractivity contribution in [2.24, 2.45) is 5.92 Å².